The summed E-state index contributed by atoms with van der Waals surface area (Å²) in [5, 5.41) is 9.41. The average molecular weight is 339 g/mol. The maximum absolute atomic E-state index is 12.9. The van der Waals surface area contributed by atoms with E-state index in [0.717, 1.165) is 24.0 Å². The van der Waals surface area contributed by atoms with Gasteiger partial charge in [-0.15, -0.1) is 0 Å². The Hall–Kier alpha value is -2.82. The molecule has 1 aliphatic rings. The molecule has 5 heteroatoms. The molecule has 0 radical (unpaired) electrons. The number of hydrogen-bond donors (Lipinski definition) is 1. The normalized spacial score (nSPS) is 17.2. The molecule has 1 atom stereocenters. The van der Waals surface area contributed by atoms with Crippen molar-refractivity contribution in [2.45, 2.75) is 25.3 Å². The molecule has 0 saturated carbocycles. The number of piperidine rings is 1. The van der Waals surface area contributed by atoms with Crippen molar-refractivity contribution in [3.8, 4) is 16.9 Å². The van der Waals surface area contributed by atoms with E-state index < -0.39 is 12.0 Å². The predicted molar refractivity (Wildman–Crippen MR) is 94.7 cm³/mol. The van der Waals surface area contributed by atoms with Crippen LogP contribution < -0.4 is 4.74 Å². The first-order chi connectivity index (χ1) is 12.1. The second-order valence-electron chi connectivity index (χ2n) is 6.13. The minimum absolute atomic E-state index is 0.244. The molecule has 0 aromatic heterocycles. The van der Waals surface area contributed by atoms with Gasteiger partial charge in [0.25, 0.3) is 5.91 Å². The zero-order chi connectivity index (χ0) is 17.8. The van der Waals surface area contributed by atoms with Crippen LogP contribution in [0, 0.1) is 0 Å². The van der Waals surface area contributed by atoms with Crippen LogP contribution in [-0.4, -0.2) is 41.6 Å². The molecule has 1 aliphatic heterocycles. The topological polar surface area (TPSA) is 66.8 Å². The van der Waals surface area contributed by atoms with Gasteiger partial charge in [0.15, 0.2) is 0 Å². The molecule has 1 heterocycles. The van der Waals surface area contributed by atoms with Crippen LogP contribution in [0.2, 0.25) is 0 Å². The molecule has 1 saturated heterocycles. The minimum Gasteiger partial charge on any atom is -0.496 e. The fourth-order valence-electron chi connectivity index (χ4n) is 3.28. The Kier molecular flexibility index (Phi) is 5.03. The lowest BCUT2D eigenvalue weighted by molar-refractivity contribution is -0.143. The molecule has 1 amide bonds. The van der Waals surface area contributed by atoms with Gasteiger partial charge in [0.05, 0.1) is 7.11 Å². The van der Waals surface area contributed by atoms with Gasteiger partial charge in [0.2, 0.25) is 0 Å². The molecule has 0 aliphatic carbocycles. The van der Waals surface area contributed by atoms with Crippen LogP contribution in [-0.2, 0) is 4.79 Å². The molecule has 25 heavy (non-hydrogen) atoms. The second kappa shape index (κ2) is 7.38. The summed E-state index contributed by atoms with van der Waals surface area (Å²) in [6.45, 7) is 0.475. The van der Waals surface area contributed by atoms with Crippen molar-refractivity contribution in [1.82, 2.24) is 4.90 Å². The summed E-state index contributed by atoms with van der Waals surface area (Å²) in [6.07, 6.45) is 2.17. The van der Waals surface area contributed by atoms with E-state index in [4.69, 9.17) is 4.74 Å². The molecule has 3 rings (SSSR count). The number of hydrogen-bond acceptors (Lipinski definition) is 3. The SMILES string of the molecule is COc1ccc(C(=O)N2CCCC[C@H]2C(=O)O)cc1-c1ccccc1. The first-order valence-electron chi connectivity index (χ1n) is 8.39. The van der Waals surface area contributed by atoms with E-state index in [-0.39, 0.29) is 5.91 Å². The van der Waals surface area contributed by atoms with Crippen LogP contribution in [0.1, 0.15) is 29.6 Å². The van der Waals surface area contributed by atoms with Crippen LogP contribution in [0.25, 0.3) is 11.1 Å². The fourth-order valence-corrected chi connectivity index (χ4v) is 3.28. The third kappa shape index (κ3) is 3.50. The number of nitrogens with zero attached hydrogens (tertiary/aromatic N) is 1. The number of benzene rings is 2. The Balaban J connectivity index is 1.97. The average Bonchev–Trinajstić information content (AvgIpc) is 2.67. The molecule has 1 N–H and O–H groups in total. The molecule has 130 valence electrons. The zero-order valence-corrected chi connectivity index (χ0v) is 14.1. The number of carbonyl (C=O) groups is 2. The van der Waals surface area contributed by atoms with Gasteiger partial charge in [-0.25, -0.2) is 4.79 Å². The van der Waals surface area contributed by atoms with Gasteiger partial charge in [-0.2, -0.15) is 0 Å². The van der Waals surface area contributed by atoms with Crippen molar-refractivity contribution in [3.05, 3.63) is 54.1 Å². The zero-order valence-electron chi connectivity index (χ0n) is 14.1. The van der Waals surface area contributed by atoms with Gasteiger partial charge >= 0.3 is 5.97 Å². The van der Waals surface area contributed by atoms with Gasteiger partial charge in [-0.3, -0.25) is 4.79 Å². The van der Waals surface area contributed by atoms with E-state index in [1.54, 1.807) is 25.3 Å². The Morgan fingerprint density at radius 2 is 1.88 bits per heavy atom. The highest BCUT2D eigenvalue weighted by Crippen LogP contribution is 2.31. The molecule has 0 bridgehead atoms. The first kappa shape index (κ1) is 17.0. The van der Waals surface area contributed by atoms with Crippen LogP contribution >= 0.6 is 0 Å². The summed E-state index contributed by atoms with van der Waals surface area (Å²) in [6, 6.07) is 14.2. The van der Waals surface area contributed by atoms with Crippen molar-refractivity contribution >= 4 is 11.9 Å². The van der Waals surface area contributed by atoms with Crippen molar-refractivity contribution in [2.75, 3.05) is 13.7 Å². The summed E-state index contributed by atoms with van der Waals surface area (Å²) < 4.78 is 5.42. The number of carboxylic acids is 1. The van der Waals surface area contributed by atoms with E-state index in [1.807, 2.05) is 30.3 Å². The molecular formula is C20H21NO4. The van der Waals surface area contributed by atoms with Crippen molar-refractivity contribution < 1.29 is 19.4 Å². The first-order valence-corrected chi connectivity index (χ1v) is 8.39. The Morgan fingerprint density at radius 3 is 2.56 bits per heavy atom. The smallest absolute Gasteiger partial charge is 0.326 e. The molecule has 2 aromatic rings. The summed E-state index contributed by atoms with van der Waals surface area (Å²) in [7, 11) is 1.59. The van der Waals surface area contributed by atoms with E-state index in [9.17, 15) is 14.7 Å². The summed E-state index contributed by atoms with van der Waals surface area (Å²) >= 11 is 0. The second-order valence-corrected chi connectivity index (χ2v) is 6.13. The van der Waals surface area contributed by atoms with E-state index in [2.05, 4.69) is 0 Å². The van der Waals surface area contributed by atoms with Crippen LogP contribution in [0.3, 0.4) is 0 Å². The van der Waals surface area contributed by atoms with Crippen molar-refractivity contribution in [1.29, 1.82) is 0 Å². The summed E-state index contributed by atoms with van der Waals surface area (Å²) in [4.78, 5) is 25.9. The molecular weight excluding hydrogens is 318 g/mol. The number of ether oxygens (including phenoxy) is 1. The number of carboxylic acid groups (broad SMARTS) is 1. The number of likely N-dealkylation sites (tertiary alicyclic amines) is 1. The lowest BCUT2D eigenvalue weighted by atomic mass is 9.98. The number of rotatable bonds is 4. The van der Waals surface area contributed by atoms with Gasteiger partial charge in [0.1, 0.15) is 11.8 Å². The van der Waals surface area contributed by atoms with E-state index in [1.165, 1.54) is 4.90 Å². The largest absolute Gasteiger partial charge is 0.496 e. The van der Waals surface area contributed by atoms with E-state index in [0.29, 0.717) is 24.3 Å². The third-order valence-corrected chi connectivity index (χ3v) is 4.58. The van der Waals surface area contributed by atoms with Crippen molar-refractivity contribution in [2.24, 2.45) is 0 Å². The summed E-state index contributed by atoms with van der Waals surface area (Å²) in [5.41, 5.74) is 2.24. The number of aliphatic carboxylic acids is 1. The molecule has 1 fully saturated rings. The molecule has 0 unspecified atom stereocenters. The van der Waals surface area contributed by atoms with Crippen LogP contribution in [0.4, 0.5) is 0 Å². The molecule has 5 nitrogen and oxygen atoms in total. The molecule has 0 spiro atoms. The predicted octanol–water partition coefficient (Wildman–Crippen LogP) is 3.44. The van der Waals surface area contributed by atoms with Crippen molar-refractivity contribution in [3.63, 3.8) is 0 Å². The maximum Gasteiger partial charge on any atom is 0.326 e. The minimum atomic E-state index is -0.940. The number of amides is 1. The standard InChI is InChI=1S/C20H21NO4/c1-25-18-11-10-15(13-16(18)14-7-3-2-4-8-14)19(22)21-12-6-5-9-17(21)20(23)24/h2-4,7-8,10-11,13,17H,5-6,9,12H2,1H3,(H,23,24)/t17-/m0/s1. The van der Waals surface area contributed by atoms with E-state index >= 15 is 0 Å². The Labute approximate surface area is 146 Å². The fraction of sp³-hybridized carbons (Fsp3) is 0.300. The highest BCUT2D eigenvalue weighted by Gasteiger charge is 2.32. The number of methoxy groups -OCH3 is 1. The highest BCUT2D eigenvalue weighted by molar-refractivity contribution is 5.98. The van der Waals surface area contributed by atoms with Gasteiger partial charge < -0.3 is 14.7 Å². The quantitative estimate of drug-likeness (QED) is 0.926. The van der Waals surface area contributed by atoms with Gasteiger partial charge in [-0.1, -0.05) is 30.3 Å². The number of carbonyl (C=O) groups excluding carboxylic acids is 1. The molecule has 2 aromatic carbocycles. The van der Waals surface area contributed by atoms with Crippen LogP contribution in [0.5, 0.6) is 5.75 Å². The van der Waals surface area contributed by atoms with Gasteiger partial charge in [0, 0.05) is 17.7 Å². The van der Waals surface area contributed by atoms with Crippen LogP contribution in [0.15, 0.2) is 48.5 Å². The third-order valence-electron chi connectivity index (χ3n) is 4.58. The lowest BCUT2D eigenvalue weighted by Crippen LogP contribution is -2.47. The Bertz CT molecular complexity index is 773. The lowest BCUT2D eigenvalue weighted by Gasteiger charge is -2.33. The highest BCUT2D eigenvalue weighted by atomic mass is 16.5. The Morgan fingerprint density at radius 1 is 1.12 bits per heavy atom. The summed E-state index contributed by atoms with van der Waals surface area (Å²) in [5.74, 6) is -0.507. The monoisotopic (exact) mass is 339 g/mol. The van der Waals surface area contributed by atoms with Gasteiger partial charge in [-0.05, 0) is 43.0 Å². The maximum atomic E-state index is 12.9.